The monoisotopic (exact) mass is 512 g/mol. The summed E-state index contributed by atoms with van der Waals surface area (Å²) in [4.78, 5) is 11.9. The normalized spacial score (nSPS) is 24.6. The summed E-state index contributed by atoms with van der Waals surface area (Å²) >= 11 is 1.61. The van der Waals surface area contributed by atoms with Crippen LogP contribution in [-0.2, 0) is 10.5 Å². The van der Waals surface area contributed by atoms with Gasteiger partial charge >= 0.3 is 0 Å². The number of fused-ring (bicyclic) bond motifs is 1. The zero-order valence-electron chi connectivity index (χ0n) is 21.4. The Labute approximate surface area is 221 Å². The number of piperidine rings is 1. The van der Waals surface area contributed by atoms with Gasteiger partial charge in [0, 0.05) is 42.0 Å². The van der Waals surface area contributed by atoms with E-state index in [1.807, 2.05) is 19.3 Å². The summed E-state index contributed by atoms with van der Waals surface area (Å²) in [5.74, 6) is 2.73. The van der Waals surface area contributed by atoms with Crippen LogP contribution in [0.5, 0.6) is 0 Å². The van der Waals surface area contributed by atoms with Crippen molar-refractivity contribution in [1.82, 2.24) is 20.2 Å². The summed E-state index contributed by atoms with van der Waals surface area (Å²) < 4.78 is 6.01. The lowest BCUT2D eigenvalue weighted by Gasteiger charge is -2.40. The molecule has 1 spiro atoms. The molecule has 2 atom stereocenters. The summed E-state index contributed by atoms with van der Waals surface area (Å²) in [5.41, 5.74) is 2.20. The zero-order chi connectivity index (χ0) is 25.0. The summed E-state index contributed by atoms with van der Waals surface area (Å²) in [5, 5.41) is 16.1. The average Bonchev–Trinajstić information content (AvgIpc) is 3.42. The van der Waals surface area contributed by atoms with E-state index in [-0.39, 0.29) is 0 Å². The van der Waals surface area contributed by atoms with Crippen LogP contribution < -0.4 is 10.2 Å². The van der Waals surface area contributed by atoms with Crippen molar-refractivity contribution >= 4 is 33.7 Å². The van der Waals surface area contributed by atoms with Crippen molar-refractivity contribution in [3.05, 3.63) is 59.4 Å². The molecule has 1 aliphatic carbocycles. The lowest BCUT2D eigenvalue weighted by Crippen LogP contribution is -2.39. The molecule has 2 saturated heterocycles. The van der Waals surface area contributed by atoms with Crippen LogP contribution in [-0.4, -0.2) is 39.9 Å². The molecule has 1 aromatic carbocycles. The highest BCUT2D eigenvalue weighted by molar-refractivity contribution is 7.14. The largest absolute Gasteiger partial charge is 0.357 e. The summed E-state index contributed by atoms with van der Waals surface area (Å²) in [6.07, 6.45) is 10.6. The summed E-state index contributed by atoms with van der Waals surface area (Å²) in [6, 6.07) is 12.7. The van der Waals surface area contributed by atoms with Crippen molar-refractivity contribution in [2.24, 2.45) is 11.3 Å². The van der Waals surface area contributed by atoms with Crippen LogP contribution in [0.3, 0.4) is 0 Å². The van der Waals surface area contributed by atoms with E-state index in [0.29, 0.717) is 12.0 Å². The molecule has 3 aliphatic rings. The molecule has 7 nitrogen and oxygen atoms in total. The van der Waals surface area contributed by atoms with Gasteiger partial charge in [0.05, 0.1) is 0 Å². The van der Waals surface area contributed by atoms with Gasteiger partial charge in [-0.25, -0.2) is 9.97 Å². The quantitative estimate of drug-likeness (QED) is 0.321. The Morgan fingerprint density at radius 2 is 1.89 bits per heavy atom. The molecule has 0 amide bonds. The number of rotatable bonds is 5. The van der Waals surface area contributed by atoms with Crippen LogP contribution in [0.4, 0.5) is 11.6 Å². The Hall–Kier alpha value is -3.10. The third-order valence-electron chi connectivity index (χ3n) is 8.57. The van der Waals surface area contributed by atoms with E-state index in [1.54, 1.807) is 11.3 Å². The SMILES string of the molecule is Cc1nnc(-c2ccc3cnc(NC4(c5ccnc(N6CCC7(CC[C@H](C)C7)CC6)c5)CO4)cc3c2)s1. The Balaban J connectivity index is 1.10. The van der Waals surface area contributed by atoms with Crippen LogP contribution in [0.1, 0.15) is 49.6 Å². The van der Waals surface area contributed by atoms with Crippen LogP contribution in [0, 0.1) is 18.3 Å². The number of pyridine rings is 2. The number of nitrogens with one attached hydrogen (secondary N) is 1. The Kier molecular flexibility index (Phi) is 5.44. The first-order valence-electron chi connectivity index (χ1n) is 13.3. The van der Waals surface area contributed by atoms with Gasteiger partial charge in [-0.05, 0) is 73.6 Å². The van der Waals surface area contributed by atoms with E-state index < -0.39 is 5.72 Å². The maximum atomic E-state index is 6.01. The fraction of sp³-hybridized carbons (Fsp3) is 0.448. The maximum absolute atomic E-state index is 6.01. The topological polar surface area (TPSA) is 79.4 Å². The standard InChI is InChI=1S/C29H32N6OS/c1-19-5-7-28(16-19)8-11-35(12-9-28)26-15-24(6-10-30-26)29(18-36-29)32-25-14-23-13-21(3-4-22(23)17-31-25)27-34-33-20(2)37-27/h3-4,6,10,13-15,17,19H,5,7-9,11-12,16,18H2,1-2H3,(H,31,32)/t19-,29?/m0/s1. The van der Waals surface area contributed by atoms with Gasteiger partial charge in [-0.3, -0.25) is 0 Å². The third-order valence-corrected chi connectivity index (χ3v) is 9.45. The number of anilines is 2. The fourth-order valence-electron chi connectivity index (χ4n) is 6.35. The van der Waals surface area contributed by atoms with Crippen molar-refractivity contribution in [2.45, 2.75) is 51.7 Å². The van der Waals surface area contributed by atoms with Gasteiger partial charge in [0.1, 0.15) is 28.3 Å². The Bertz CT molecular complexity index is 1460. The zero-order valence-corrected chi connectivity index (χ0v) is 22.2. The summed E-state index contributed by atoms with van der Waals surface area (Å²) in [7, 11) is 0. The van der Waals surface area contributed by atoms with Crippen LogP contribution in [0.2, 0.25) is 0 Å². The van der Waals surface area contributed by atoms with Gasteiger partial charge in [-0.2, -0.15) is 0 Å². The van der Waals surface area contributed by atoms with Gasteiger partial charge in [0.25, 0.3) is 0 Å². The number of aromatic nitrogens is 4. The van der Waals surface area contributed by atoms with E-state index >= 15 is 0 Å². The highest BCUT2D eigenvalue weighted by Crippen LogP contribution is 2.49. The molecule has 0 radical (unpaired) electrons. The predicted molar refractivity (Wildman–Crippen MR) is 148 cm³/mol. The van der Waals surface area contributed by atoms with Crippen LogP contribution in [0.25, 0.3) is 21.3 Å². The summed E-state index contributed by atoms with van der Waals surface area (Å²) in [6.45, 7) is 7.18. The van der Waals surface area contributed by atoms with E-state index in [1.165, 1.54) is 32.1 Å². The highest BCUT2D eigenvalue weighted by atomic mass is 32.1. The minimum absolute atomic E-state index is 0.551. The Morgan fingerprint density at radius 1 is 1.03 bits per heavy atom. The van der Waals surface area contributed by atoms with Crippen molar-refractivity contribution in [1.29, 1.82) is 0 Å². The molecule has 3 aromatic heterocycles. The molecular weight excluding hydrogens is 480 g/mol. The van der Waals surface area contributed by atoms with E-state index in [4.69, 9.17) is 9.72 Å². The van der Waals surface area contributed by atoms with Gasteiger partial charge in [-0.1, -0.05) is 36.8 Å². The molecule has 37 heavy (non-hydrogen) atoms. The number of hydrogen-bond donors (Lipinski definition) is 1. The number of ether oxygens (including phenoxy) is 1. The first-order chi connectivity index (χ1) is 18.0. The molecule has 1 N–H and O–H groups in total. The van der Waals surface area contributed by atoms with Crippen molar-refractivity contribution in [3.8, 4) is 10.6 Å². The fourth-order valence-corrected chi connectivity index (χ4v) is 7.04. The first-order valence-corrected chi connectivity index (χ1v) is 14.1. The predicted octanol–water partition coefficient (Wildman–Crippen LogP) is 6.16. The lowest BCUT2D eigenvalue weighted by atomic mass is 9.76. The molecule has 1 saturated carbocycles. The van der Waals surface area contributed by atoms with Gasteiger partial charge < -0.3 is 15.0 Å². The molecule has 0 bridgehead atoms. The molecule has 190 valence electrons. The average molecular weight is 513 g/mol. The van der Waals surface area contributed by atoms with Crippen molar-refractivity contribution in [2.75, 3.05) is 29.9 Å². The maximum Gasteiger partial charge on any atom is 0.190 e. The molecule has 8 heteroatoms. The smallest absolute Gasteiger partial charge is 0.190 e. The number of aryl methyl sites for hydroxylation is 1. The van der Waals surface area contributed by atoms with Crippen molar-refractivity contribution < 1.29 is 4.74 Å². The molecular formula is C29H32N6OS. The van der Waals surface area contributed by atoms with Gasteiger partial charge in [-0.15, -0.1) is 10.2 Å². The highest BCUT2D eigenvalue weighted by Gasteiger charge is 2.48. The van der Waals surface area contributed by atoms with Crippen LogP contribution in [0.15, 0.2) is 48.8 Å². The molecule has 3 fully saturated rings. The van der Waals surface area contributed by atoms with Gasteiger partial charge in [0.15, 0.2) is 5.72 Å². The molecule has 1 unspecified atom stereocenters. The molecule has 2 aliphatic heterocycles. The number of epoxide rings is 1. The molecule has 5 heterocycles. The minimum Gasteiger partial charge on any atom is -0.357 e. The van der Waals surface area contributed by atoms with Crippen molar-refractivity contribution in [3.63, 3.8) is 0 Å². The Morgan fingerprint density at radius 3 is 2.62 bits per heavy atom. The minimum atomic E-state index is -0.551. The van der Waals surface area contributed by atoms with E-state index in [2.05, 4.69) is 68.7 Å². The number of nitrogens with zero attached hydrogens (tertiary/aromatic N) is 5. The molecule has 4 aromatic rings. The van der Waals surface area contributed by atoms with Gasteiger partial charge in [0.2, 0.25) is 0 Å². The number of hydrogen-bond acceptors (Lipinski definition) is 8. The third kappa shape index (κ3) is 4.36. The number of benzene rings is 1. The van der Waals surface area contributed by atoms with Crippen LogP contribution >= 0.6 is 11.3 Å². The van der Waals surface area contributed by atoms with E-state index in [9.17, 15) is 0 Å². The second-order valence-corrected chi connectivity index (χ2v) is 12.4. The second-order valence-electron chi connectivity index (χ2n) is 11.2. The molecule has 7 rings (SSSR count). The first kappa shape index (κ1) is 23.0. The second kappa shape index (κ2) is 8.74. The lowest BCUT2D eigenvalue weighted by molar-refractivity contribution is 0.218. The van der Waals surface area contributed by atoms with E-state index in [0.717, 1.165) is 62.6 Å².